The zero-order valence-electron chi connectivity index (χ0n) is 22.2. The van der Waals surface area contributed by atoms with Crippen LogP contribution in [0.5, 0.6) is 5.75 Å². The average molecular weight is 552 g/mol. The molecule has 0 amide bonds. The molecular weight excluding hydrogens is 514 g/mol. The lowest BCUT2D eigenvalue weighted by Crippen LogP contribution is -2.59. The second kappa shape index (κ2) is 12.6. The van der Waals surface area contributed by atoms with Crippen molar-refractivity contribution in [2.24, 2.45) is 5.92 Å². The van der Waals surface area contributed by atoms with Crippen LogP contribution in [0.15, 0.2) is 18.2 Å². The molecule has 2 aliphatic carbocycles. The number of ether oxygens (including phenoxy) is 3. The first-order chi connectivity index (χ1) is 18.4. The number of carbonyl (C=O) groups excluding carboxylic acids is 1. The molecule has 0 spiro atoms. The molecule has 1 heterocycles. The van der Waals surface area contributed by atoms with Gasteiger partial charge in [-0.25, -0.2) is 9.59 Å². The van der Waals surface area contributed by atoms with Gasteiger partial charge in [0.2, 0.25) is 6.79 Å². The molecule has 1 aromatic carbocycles. The van der Waals surface area contributed by atoms with Crippen molar-refractivity contribution in [1.82, 2.24) is 5.32 Å². The van der Waals surface area contributed by atoms with Crippen LogP contribution in [0.1, 0.15) is 69.9 Å². The molecule has 0 unspecified atom stereocenters. The fourth-order valence-corrected chi connectivity index (χ4v) is 6.08. The van der Waals surface area contributed by atoms with E-state index >= 15 is 0 Å². The highest BCUT2D eigenvalue weighted by Crippen LogP contribution is 2.54. The Kier molecular flexibility index (Phi) is 9.78. The molecule has 3 atom stereocenters. The lowest BCUT2D eigenvalue weighted by Gasteiger charge is -2.56. The number of hydrogen-bond acceptors (Lipinski definition) is 9. The Balaban J connectivity index is 0.000000276. The molecule has 0 aromatic heterocycles. The Bertz CT molecular complexity index is 1050. The first-order valence-corrected chi connectivity index (χ1v) is 13.1. The highest BCUT2D eigenvalue weighted by Gasteiger charge is 2.51. The number of carboxylic acid groups (broad SMARTS) is 3. The lowest BCUT2D eigenvalue weighted by atomic mass is 9.53. The van der Waals surface area contributed by atoms with Crippen molar-refractivity contribution in [3.05, 3.63) is 29.3 Å². The zero-order valence-corrected chi connectivity index (χ0v) is 22.2. The molecule has 1 aliphatic heterocycles. The molecule has 216 valence electrons. The molecule has 4 rings (SSSR count). The summed E-state index contributed by atoms with van der Waals surface area (Å²) in [5.41, 5.74) is 0.492. The molecular formula is C27H37NO11. The maximum Gasteiger partial charge on any atom is 0.511 e. The van der Waals surface area contributed by atoms with Crippen molar-refractivity contribution in [2.45, 2.75) is 88.4 Å². The van der Waals surface area contributed by atoms with E-state index in [0.29, 0.717) is 11.5 Å². The molecule has 12 nitrogen and oxygen atoms in total. The van der Waals surface area contributed by atoms with Gasteiger partial charge in [-0.3, -0.25) is 9.59 Å². The van der Waals surface area contributed by atoms with Crippen LogP contribution in [0.4, 0.5) is 4.79 Å². The summed E-state index contributed by atoms with van der Waals surface area (Å²) >= 11 is 0. The summed E-state index contributed by atoms with van der Waals surface area (Å²) in [6.07, 6.45) is 4.42. The number of carboxylic acids is 3. The SMILES string of the molecule is CC(C)OC(=O)OCOc1ccc2c(c1)[C@@]13CCCC[C@H]1[C@@H](C2)NCC3.O=C(O)CC(O)(CC(=O)O)C(=O)O. The van der Waals surface area contributed by atoms with Gasteiger partial charge in [0.1, 0.15) is 5.75 Å². The number of hydrogen-bond donors (Lipinski definition) is 5. The van der Waals surface area contributed by atoms with E-state index in [4.69, 9.17) is 34.6 Å². The van der Waals surface area contributed by atoms with Gasteiger partial charge in [0, 0.05) is 11.5 Å². The second-order valence-electron chi connectivity index (χ2n) is 10.6. The van der Waals surface area contributed by atoms with Gasteiger partial charge < -0.3 is 40.0 Å². The molecule has 1 saturated carbocycles. The van der Waals surface area contributed by atoms with Gasteiger partial charge in [0.15, 0.2) is 5.60 Å². The van der Waals surface area contributed by atoms with Crippen molar-refractivity contribution in [3.8, 4) is 5.75 Å². The Labute approximate surface area is 226 Å². The summed E-state index contributed by atoms with van der Waals surface area (Å²) in [6.45, 7) is 4.57. The summed E-state index contributed by atoms with van der Waals surface area (Å²) in [5, 5.41) is 37.6. The third kappa shape index (κ3) is 7.39. The summed E-state index contributed by atoms with van der Waals surface area (Å²) in [5.74, 6) is -3.50. The molecule has 2 fully saturated rings. The summed E-state index contributed by atoms with van der Waals surface area (Å²) < 4.78 is 15.6. The minimum Gasteiger partial charge on any atom is -0.481 e. The minimum absolute atomic E-state index is 0.120. The fourth-order valence-electron chi connectivity index (χ4n) is 6.08. The lowest BCUT2D eigenvalue weighted by molar-refractivity contribution is -0.170. The monoisotopic (exact) mass is 551 g/mol. The van der Waals surface area contributed by atoms with Gasteiger partial charge in [-0.05, 0) is 75.3 Å². The van der Waals surface area contributed by atoms with E-state index < -0.39 is 42.5 Å². The predicted molar refractivity (Wildman–Crippen MR) is 135 cm³/mol. The first kappa shape index (κ1) is 30.2. The van der Waals surface area contributed by atoms with E-state index in [-0.39, 0.29) is 12.9 Å². The summed E-state index contributed by atoms with van der Waals surface area (Å²) in [4.78, 5) is 42.0. The molecule has 2 bridgehead atoms. The quantitative estimate of drug-likeness (QED) is 0.223. The normalized spacial score (nSPS) is 23.3. The van der Waals surface area contributed by atoms with Crippen molar-refractivity contribution in [2.75, 3.05) is 13.3 Å². The van der Waals surface area contributed by atoms with Crippen LogP contribution in [0.25, 0.3) is 0 Å². The Morgan fingerprint density at radius 2 is 1.77 bits per heavy atom. The van der Waals surface area contributed by atoms with Gasteiger partial charge in [-0.2, -0.15) is 0 Å². The van der Waals surface area contributed by atoms with Crippen molar-refractivity contribution >= 4 is 24.1 Å². The molecule has 1 saturated heterocycles. The average Bonchev–Trinajstić information content (AvgIpc) is 2.83. The van der Waals surface area contributed by atoms with E-state index in [2.05, 4.69) is 17.4 Å². The number of nitrogens with one attached hydrogen (secondary N) is 1. The number of rotatable bonds is 9. The van der Waals surface area contributed by atoms with Crippen LogP contribution in [0.3, 0.4) is 0 Å². The van der Waals surface area contributed by atoms with Crippen molar-refractivity contribution in [1.29, 1.82) is 0 Å². The fraction of sp³-hybridized carbons (Fsp3) is 0.630. The van der Waals surface area contributed by atoms with Gasteiger partial charge in [0.05, 0.1) is 18.9 Å². The van der Waals surface area contributed by atoms with Crippen molar-refractivity contribution in [3.63, 3.8) is 0 Å². The third-order valence-electron chi connectivity index (χ3n) is 7.64. The highest BCUT2D eigenvalue weighted by atomic mass is 16.8. The minimum atomic E-state index is -2.74. The predicted octanol–water partition coefficient (Wildman–Crippen LogP) is 2.68. The van der Waals surface area contributed by atoms with Crippen LogP contribution in [0.2, 0.25) is 0 Å². The second-order valence-corrected chi connectivity index (χ2v) is 10.6. The van der Waals surface area contributed by atoms with Crippen LogP contribution in [0, 0.1) is 5.92 Å². The van der Waals surface area contributed by atoms with Crippen LogP contribution in [-0.2, 0) is 35.7 Å². The number of aliphatic hydroxyl groups is 1. The van der Waals surface area contributed by atoms with E-state index in [1.165, 1.54) is 43.2 Å². The van der Waals surface area contributed by atoms with Crippen LogP contribution in [-0.4, -0.2) is 75.6 Å². The Hall–Kier alpha value is -3.38. The van der Waals surface area contributed by atoms with Crippen molar-refractivity contribution < 1.29 is 53.8 Å². The smallest absolute Gasteiger partial charge is 0.481 e. The van der Waals surface area contributed by atoms with Crippen LogP contribution < -0.4 is 10.1 Å². The molecule has 0 radical (unpaired) electrons. The zero-order chi connectivity index (χ0) is 28.8. The number of benzene rings is 1. The number of carbonyl (C=O) groups is 4. The highest BCUT2D eigenvalue weighted by molar-refractivity contribution is 5.88. The maximum absolute atomic E-state index is 11.5. The van der Waals surface area contributed by atoms with Gasteiger partial charge in [0.25, 0.3) is 0 Å². The maximum atomic E-state index is 11.5. The van der Waals surface area contributed by atoms with E-state index in [1.54, 1.807) is 13.8 Å². The van der Waals surface area contributed by atoms with E-state index in [9.17, 15) is 19.2 Å². The van der Waals surface area contributed by atoms with Crippen LogP contribution >= 0.6 is 0 Å². The number of piperidine rings is 1. The van der Waals surface area contributed by atoms with Gasteiger partial charge in [-0.1, -0.05) is 18.9 Å². The molecule has 12 heteroatoms. The first-order valence-electron chi connectivity index (χ1n) is 13.1. The molecule has 5 N–H and O–H groups in total. The standard InChI is InChI=1S/C21H29NO4.C6H8O7/c1-14(2)26-20(23)25-13-24-16-7-6-15-11-19-17-5-3-4-8-21(17,9-10-22-19)18(15)12-16;7-3(8)1-6(13,5(11)12)2-4(9)10/h6-7,12,14,17,19,22H,3-5,8-11,13H2,1-2H3;13H,1-2H2,(H,7,8)(H,9,10)(H,11,12)/t17-,19+,21+;/m0./s1. The largest absolute Gasteiger partial charge is 0.511 e. The number of aliphatic carboxylic acids is 3. The summed E-state index contributed by atoms with van der Waals surface area (Å²) in [7, 11) is 0. The Morgan fingerprint density at radius 3 is 2.38 bits per heavy atom. The van der Waals surface area contributed by atoms with Gasteiger partial charge in [-0.15, -0.1) is 0 Å². The number of fused-ring (bicyclic) bond motifs is 1. The van der Waals surface area contributed by atoms with E-state index in [0.717, 1.165) is 24.6 Å². The molecule has 3 aliphatic rings. The third-order valence-corrected chi connectivity index (χ3v) is 7.64. The topological polar surface area (TPSA) is 189 Å². The summed E-state index contributed by atoms with van der Waals surface area (Å²) in [6, 6.07) is 7.01. The van der Waals surface area contributed by atoms with E-state index in [1.807, 2.05) is 6.07 Å². The molecule has 1 aromatic rings. The Morgan fingerprint density at radius 1 is 1.08 bits per heavy atom. The molecule has 39 heavy (non-hydrogen) atoms. The van der Waals surface area contributed by atoms with Gasteiger partial charge >= 0.3 is 24.1 Å².